The van der Waals surface area contributed by atoms with Crippen LogP contribution >= 0.6 is 0 Å². The molecule has 2 aliphatic rings. The smallest absolute Gasteiger partial charge is 0.133 e. The highest BCUT2D eigenvalue weighted by Crippen LogP contribution is 2.49. The zero-order valence-corrected chi connectivity index (χ0v) is 7.57. The van der Waals surface area contributed by atoms with Gasteiger partial charge in [-0.2, -0.15) is 0 Å². The molecule has 66 valence electrons. The third kappa shape index (κ3) is 1.33. The monoisotopic (exact) mass is 164 g/mol. The van der Waals surface area contributed by atoms with Gasteiger partial charge in [-0.25, -0.2) is 0 Å². The van der Waals surface area contributed by atoms with Gasteiger partial charge < -0.3 is 0 Å². The molecule has 0 aromatic carbocycles. The summed E-state index contributed by atoms with van der Waals surface area (Å²) in [4.78, 5) is 11.3. The summed E-state index contributed by atoms with van der Waals surface area (Å²) in [6, 6.07) is 0. The van der Waals surface area contributed by atoms with Crippen molar-refractivity contribution < 1.29 is 4.79 Å². The maximum Gasteiger partial charge on any atom is 0.133 e. The standard InChI is InChI=1S/C11H16O/c1-9-4-6-11(7-9)5-2-3-10(12)8-11/h1-8H2/t11-/m0/s1. The van der Waals surface area contributed by atoms with Gasteiger partial charge in [0.25, 0.3) is 0 Å². The Morgan fingerprint density at radius 2 is 2.00 bits per heavy atom. The summed E-state index contributed by atoms with van der Waals surface area (Å²) >= 11 is 0. The Hall–Kier alpha value is -0.590. The largest absolute Gasteiger partial charge is 0.300 e. The van der Waals surface area contributed by atoms with E-state index in [1.54, 1.807) is 0 Å². The van der Waals surface area contributed by atoms with E-state index in [2.05, 4.69) is 6.58 Å². The molecule has 2 saturated carbocycles. The normalized spacial score (nSPS) is 36.3. The molecule has 0 unspecified atom stereocenters. The van der Waals surface area contributed by atoms with Gasteiger partial charge in [0, 0.05) is 12.8 Å². The van der Waals surface area contributed by atoms with E-state index in [1.165, 1.54) is 18.4 Å². The average Bonchev–Trinajstić information content (AvgIpc) is 2.32. The summed E-state index contributed by atoms with van der Waals surface area (Å²) in [7, 11) is 0. The summed E-state index contributed by atoms with van der Waals surface area (Å²) in [6.45, 7) is 4.02. The first kappa shape index (κ1) is 8.03. The molecule has 0 amide bonds. The fourth-order valence-corrected chi connectivity index (χ4v) is 2.77. The second kappa shape index (κ2) is 2.72. The molecule has 2 aliphatic carbocycles. The summed E-state index contributed by atoms with van der Waals surface area (Å²) in [5, 5.41) is 0. The molecule has 0 N–H and O–H groups in total. The van der Waals surface area contributed by atoms with Crippen LogP contribution in [0.15, 0.2) is 12.2 Å². The van der Waals surface area contributed by atoms with Crippen molar-refractivity contribution in [2.24, 2.45) is 5.41 Å². The van der Waals surface area contributed by atoms with Gasteiger partial charge >= 0.3 is 0 Å². The average molecular weight is 164 g/mol. The third-order valence-corrected chi connectivity index (χ3v) is 3.37. The number of carbonyl (C=O) groups is 1. The number of hydrogen-bond acceptors (Lipinski definition) is 1. The molecule has 0 saturated heterocycles. The lowest BCUT2D eigenvalue weighted by molar-refractivity contribution is -0.123. The molecule has 1 spiro atoms. The summed E-state index contributed by atoms with van der Waals surface area (Å²) < 4.78 is 0. The predicted molar refractivity (Wildman–Crippen MR) is 48.9 cm³/mol. The Morgan fingerprint density at radius 3 is 2.58 bits per heavy atom. The van der Waals surface area contributed by atoms with Gasteiger partial charge in [-0.1, -0.05) is 12.2 Å². The molecule has 0 radical (unpaired) electrons. The number of allylic oxidation sites excluding steroid dienone is 1. The van der Waals surface area contributed by atoms with Crippen LogP contribution in [0.25, 0.3) is 0 Å². The van der Waals surface area contributed by atoms with E-state index in [4.69, 9.17) is 0 Å². The highest BCUT2D eigenvalue weighted by molar-refractivity contribution is 5.80. The lowest BCUT2D eigenvalue weighted by Gasteiger charge is -2.31. The molecule has 2 rings (SSSR count). The Morgan fingerprint density at radius 1 is 1.17 bits per heavy atom. The molecule has 0 aliphatic heterocycles. The van der Waals surface area contributed by atoms with Crippen molar-refractivity contribution in [3.05, 3.63) is 12.2 Å². The first-order valence-corrected chi connectivity index (χ1v) is 4.89. The summed E-state index contributed by atoms with van der Waals surface area (Å²) in [6.07, 6.45) is 7.55. The highest BCUT2D eigenvalue weighted by atomic mass is 16.1. The van der Waals surface area contributed by atoms with Crippen molar-refractivity contribution in [1.82, 2.24) is 0 Å². The van der Waals surface area contributed by atoms with E-state index in [1.807, 2.05) is 0 Å². The van der Waals surface area contributed by atoms with Crippen LogP contribution in [-0.2, 0) is 4.79 Å². The van der Waals surface area contributed by atoms with Crippen LogP contribution in [0, 0.1) is 5.41 Å². The second-order valence-corrected chi connectivity index (χ2v) is 4.50. The van der Waals surface area contributed by atoms with Crippen molar-refractivity contribution in [2.45, 2.75) is 44.9 Å². The molecule has 1 atom stereocenters. The third-order valence-electron chi connectivity index (χ3n) is 3.37. The zero-order valence-electron chi connectivity index (χ0n) is 7.57. The maximum atomic E-state index is 11.3. The fourth-order valence-electron chi connectivity index (χ4n) is 2.77. The van der Waals surface area contributed by atoms with Crippen LogP contribution in [0.2, 0.25) is 0 Å². The van der Waals surface area contributed by atoms with E-state index < -0.39 is 0 Å². The Bertz CT molecular complexity index is 229. The summed E-state index contributed by atoms with van der Waals surface area (Å²) in [5.41, 5.74) is 1.73. The minimum atomic E-state index is 0.367. The molecule has 0 aromatic rings. The molecule has 0 bridgehead atoms. The quantitative estimate of drug-likeness (QED) is 0.503. The van der Waals surface area contributed by atoms with Gasteiger partial charge in [0.15, 0.2) is 0 Å². The van der Waals surface area contributed by atoms with E-state index in [9.17, 15) is 4.79 Å². The van der Waals surface area contributed by atoms with Crippen molar-refractivity contribution in [3.63, 3.8) is 0 Å². The van der Waals surface area contributed by atoms with Gasteiger partial charge in [-0.15, -0.1) is 0 Å². The maximum absolute atomic E-state index is 11.3. The van der Waals surface area contributed by atoms with Crippen LogP contribution in [0.1, 0.15) is 44.9 Å². The molecule has 1 heteroatoms. The van der Waals surface area contributed by atoms with Crippen LogP contribution < -0.4 is 0 Å². The lowest BCUT2D eigenvalue weighted by atomic mass is 9.72. The Kier molecular flexibility index (Phi) is 1.82. The number of carbonyl (C=O) groups excluding carboxylic acids is 1. The number of rotatable bonds is 0. The van der Waals surface area contributed by atoms with E-state index >= 15 is 0 Å². The first-order valence-electron chi connectivity index (χ1n) is 4.89. The predicted octanol–water partition coefficient (Wildman–Crippen LogP) is 2.86. The molecular weight excluding hydrogens is 148 g/mol. The van der Waals surface area contributed by atoms with Crippen molar-refractivity contribution >= 4 is 5.78 Å². The van der Waals surface area contributed by atoms with Crippen molar-refractivity contribution in [3.8, 4) is 0 Å². The fraction of sp³-hybridized carbons (Fsp3) is 0.727. The SMILES string of the molecule is C=C1CC[C@@]2(CCCC(=O)C2)C1. The Balaban J connectivity index is 2.10. The van der Waals surface area contributed by atoms with Gasteiger partial charge in [-0.3, -0.25) is 4.79 Å². The molecule has 0 aromatic heterocycles. The van der Waals surface area contributed by atoms with Gasteiger partial charge in [0.2, 0.25) is 0 Å². The van der Waals surface area contributed by atoms with Gasteiger partial charge in [-0.05, 0) is 37.5 Å². The second-order valence-electron chi connectivity index (χ2n) is 4.50. The first-order chi connectivity index (χ1) is 5.70. The molecule has 1 nitrogen and oxygen atoms in total. The number of ketones is 1. The molecule has 12 heavy (non-hydrogen) atoms. The molecular formula is C11H16O. The van der Waals surface area contributed by atoms with Gasteiger partial charge in [0.1, 0.15) is 5.78 Å². The van der Waals surface area contributed by atoms with E-state index in [-0.39, 0.29) is 0 Å². The van der Waals surface area contributed by atoms with Crippen molar-refractivity contribution in [2.75, 3.05) is 0 Å². The highest BCUT2D eigenvalue weighted by Gasteiger charge is 2.39. The number of hydrogen-bond donors (Lipinski definition) is 0. The van der Waals surface area contributed by atoms with E-state index in [0.29, 0.717) is 11.2 Å². The molecule has 2 fully saturated rings. The Labute approximate surface area is 73.8 Å². The minimum absolute atomic E-state index is 0.367. The number of Topliss-reactive ketones (excluding diaryl/α,β-unsaturated/α-hetero) is 1. The van der Waals surface area contributed by atoms with Crippen molar-refractivity contribution in [1.29, 1.82) is 0 Å². The lowest BCUT2D eigenvalue weighted by Crippen LogP contribution is -2.25. The van der Waals surface area contributed by atoms with Crippen LogP contribution in [-0.4, -0.2) is 5.78 Å². The van der Waals surface area contributed by atoms with Crippen LogP contribution in [0.4, 0.5) is 0 Å². The van der Waals surface area contributed by atoms with E-state index in [0.717, 1.165) is 32.1 Å². The minimum Gasteiger partial charge on any atom is -0.300 e. The van der Waals surface area contributed by atoms with Crippen LogP contribution in [0.5, 0.6) is 0 Å². The van der Waals surface area contributed by atoms with Crippen LogP contribution in [0.3, 0.4) is 0 Å². The molecule has 0 heterocycles. The zero-order chi connectivity index (χ0) is 8.60. The topological polar surface area (TPSA) is 17.1 Å². The summed E-state index contributed by atoms with van der Waals surface area (Å²) in [5.74, 6) is 0.482. The van der Waals surface area contributed by atoms with Gasteiger partial charge in [0.05, 0.1) is 0 Å².